The second kappa shape index (κ2) is 4.22. The number of rotatable bonds is 1. The molecule has 1 heterocycles. The van der Waals surface area contributed by atoms with Gasteiger partial charge in [-0.1, -0.05) is 35.0 Å². The summed E-state index contributed by atoms with van der Waals surface area (Å²) in [5.41, 5.74) is -0.371. The third-order valence-electron chi connectivity index (χ3n) is 2.00. The van der Waals surface area contributed by atoms with Crippen LogP contribution in [0.15, 0.2) is 18.2 Å². The Kier molecular flexibility index (Phi) is 3.11. The zero-order chi connectivity index (χ0) is 11.0. The Labute approximate surface area is 101 Å². The number of anilines is 1. The molecule has 6 heteroatoms. The van der Waals surface area contributed by atoms with Gasteiger partial charge in [-0.3, -0.25) is 9.69 Å². The lowest BCUT2D eigenvalue weighted by atomic mass is 10.3. The first kappa shape index (κ1) is 11.1. The number of halogens is 2. The first-order chi connectivity index (χ1) is 7.08. The molecule has 80 valence electrons. The summed E-state index contributed by atoms with van der Waals surface area (Å²) in [6, 6.07) is 4.88. The molecule has 3 nitrogen and oxygen atoms in total. The number of hydrogen-bond donors (Lipinski definition) is 1. The van der Waals surface area contributed by atoms with E-state index in [1.54, 1.807) is 18.2 Å². The summed E-state index contributed by atoms with van der Waals surface area (Å²) in [5.74, 6) is 0.0785. The SMILES string of the molecule is O=C1C(O)SCN1c1cc(Cl)cc(Cl)c1. The van der Waals surface area contributed by atoms with Crippen LogP contribution in [0.3, 0.4) is 0 Å². The summed E-state index contributed by atoms with van der Waals surface area (Å²) < 4.78 is 0. The van der Waals surface area contributed by atoms with E-state index in [-0.39, 0.29) is 5.91 Å². The highest BCUT2D eigenvalue weighted by Crippen LogP contribution is 2.31. The van der Waals surface area contributed by atoms with Gasteiger partial charge in [0.05, 0.1) is 5.88 Å². The van der Waals surface area contributed by atoms with Crippen molar-refractivity contribution >= 4 is 46.6 Å². The van der Waals surface area contributed by atoms with Gasteiger partial charge in [-0.2, -0.15) is 0 Å². The second-order valence-electron chi connectivity index (χ2n) is 3.04. The molecule has 0 aliphatic carbocycles. The Bertz CT molecular complexity index is 393. The molecule has 1 aliphatic heterocycles. The van der Waals surface area contributed by atoms with Crippen LogP contribution in [0.1, 0.15) is 0 Å². The number of amides is 1. The molecule has 1 N–H and O–H groups in total. The minimum absolute atomic E-state index is 0.335. The normalized spacial score (nSPS) is 21.1. The molecule has 1 atom stereocenters. The number of hydrogen-bond acceptors (Lipinski definition) is 3. The van der Waals surface area contributed by atoms with Crippen LogP contribution in [0.5, 0.6) is 0 Å². The van der Waals surface area contributed by atoms with E-state index in [2.05, 4.69) is 0 Å². The maximum Gasteiger partial charge on any atom is 0.267 e. The highest BCUT2D eigenvalue weighted by Gasteiger charge is 2.31. The van der Waals surface area contributed by atoms with Crippen LogP contribution in [0.2, 0.25) is 10.0 Å². The number of carbonyl (C=O) groups excluding carboxylic acids is 1. The fraction of sp³-hybridized carbons (Fsp3) is 0.222. The highest BCUT2D eigenvalue weighted by molar-refractivity contribution is 8.01. The number of thioether (sulfide) groups is 1. The van der Waals surface area contributed by atoms with Crippen molar-refractivity contribution in [2.24, 2.45) is 0 Å². The molecular weight excluding hydrogens is 257 g/mol. The summed E-state index contributed by atoms with van der Waals surface area (Å²) >= 11 is 12.8. The van der Waals surface area contributed by atoms with Crippen molar-refractivity contribution in [1.29, 1.82) is 0 Å². The Hall–Kier alpha value is -0.420. The number of carbonyl (C=O) groups is 1. The molecule has 0 radical (unpaired) electrons. The fourth-order valence-electron chi connectivity index (χ4n) is 1.31. The number of nitrogens with zero attached hydrogens (tertiary/aromatic N) is 1. The van der Waals surface area contributed by atoms with Crippen molar-refractivity contribution in [3.05, 3.63) is 28.2 Å². The van der Waals surface area contributed by atoms with Crippen LogP contribution < -0.4 is 4.90 Å². The standard InChI is InChI=1S/C9H7Cl2NO2S/c10-5-1-6(11)3-7(2-5)12-4-15-9(14)8(12)13/h1-3,9,14H,4H2. The average Bonchev–Trinajstić information content (AvgIpc) is 2.46. The van der Waals surface area contributed by atoms with Crippen molar-refractivity contribution in [1.82, 2.24) is 0 Å². The van der Waals surface area contributed by atoms with Gasteiger partial charge in [0, 0.05) is 15.7 Å². The maximum atomic E-state index is 11.5. The van der Waals surface area contributed by atoms with Crippen LogP contribution in [0, 0.1) is 0 Å². The van der Waals surface area contributed by atoms with E-state index in [4.69, 9.17) is 23.2 Å². The van der Waals surface area contributed by atoms with Crippen LogP contribution in [-0.4, -0.2) is 22.3 Å². The molecule has 1 saturated heterocycles. The second-order valence-corrected chi connectivity index (χ2v) is 4.95. The summed E-state index contributed by atoms with van der Waals surface area (Å²) in [5, 5.41) is 10.2. The molecule has 0 aromatic heterocycles. The lowest BCUT2D eigenvalue weighted by molar-refractivity contribution is -0.121. The van der Waals surface area contributed by atoms with Crippen molar-refractivity contribution in [3.8, 4) is 0 Å². The van der Waals surface area contributed by atoms with Gasteiger partial charge in [0.1, 0.15) is 0 Å². The predicted octanol–water partition coefficient (Wildman–Crippen LogP) is 2.35. The smallest absolute Gasteiger partial charge is 0.267 e. The van der Waals surface area contributed by atoms with E-state index in [0.717, 1.165) is 0 Å². The van der Waals surface area contributed by atoms with Gasteiger partial charge in [-0.15, -0.1) is 0 Å². The van der Waals surface area contributed by atoms with E-state index in [1.807, 2.05) is 0 Å². The van der Waals surface area contributed by atoms with Gasteiger partial charge >= 0.3 is 0 Å². The van der Waals surface area contributed by atoms with E-state index in [0.29, 0.717) is 21.6 Å². The molecule has 1 unspecified atom stereocenters. The number of aliphatic hydroxyl groups excluding tert-OH is 1. The van der Waals surface area contributed by atoms with Gasteiger partial charge in [-0.05, 0) is 18.2 Å². The lowest BCUT2D eigenvalue weighted by Crippen LogP contribution is -2.28. The molecule has 1 aromatic rings. The molecule has 1 amide bonds. The Balaban J connectivity index is 2.34. The van der Waals surface area contributed by atoms with E-state index >= 15 is 0 Å². The Morgan fingerprint density at radius 3 is 2.40 bits per heavy atom. The molecule has 2 rings (SSSR count). The molecule has 0 spiro atoms. The fourth-order valence-corrected chi connectivity index (χ4v) is 2.66. The van der Waals surface area contributed by atoms with Crippen LogP contribution in [-0.2, 0) is 4.79 Å². The average molecular weight is 264 g/mol. The van der Waals surface area contributed by atoms with Crippen molar-refractivity contribution < 1.29 is 9.90 Å². The summed E-state index contributed by atoms with van der Waals surface area (Å²) in [6.45, 7) is 0. The topological polar surface area (TPSA) is 40.5 Å². The zero-order valence-electron chi connectivity index (χ0n) is 7.48. The zero-order valence-corrected chi connectivity index (χ0v) is 9.81. The molecular formula is C9H7Cl2NO2S. The van der Waals surface area contributed by atoms with Gasteiger partial charge < -0.3 is 5.11 Å². The molecule has 1 fully saturated rings. The summed E-state index contributed by atoms with van der Waals surface area (Å²) in [4.78, 5) is 12.9. The predicted molar refractivity (Wildman–Crippen MR) is 62.4 cm³/mol. The molecule has 0 saturated carbocycles. The van der Waals surface area contributed by atoms with Crippen LogP contribution in [0.25, 0.3) is 0 Å². The van der Waals surface area contributed by atoms with E-state index < -0.39 is 5.44 Å². The van der Waals surface area contributed by atoms with Crippen molar-refractivity contribution in [2.75, 3.05) is 10.8 Å². The molecule has 1 aromatic carbocycles. The largest absolute Gasteiger partial charge is 0.373 e. The van der Waals surface area contributed by atoms with Gasteiger partial charge in [-0.25, -0.2) is 0 Å². The maximum absolute atomic E-state index is 11.5. The Morgan fingerprint density at radius 1 is 1.33 bits per heavy atom. The first-order valence-corrected chi connectivity index (χ1v) is 5.95. The third kappa shape index (κ3) is 2.23. The minimum atomic E-state index is -0.984. The molecule has 0 bridgehead atoms. The van der Waals surface area contributed by atoms with Gasteiger partial charge in [0.15, 0.2) is 5.44 Å². The van der Waals surface area contributed by atoms with Crippen LogP contribution in [0.4, 0.5) is 5.69 Å². The monoisotopic (exact) mass is 263 g/mol. The number of benzene rings is 1. The van der Waals surface area contributed by atoms with Crippen LogP contribution >= 0.6 is 35.0 Å². The summed E-state index contributed by atoms with van der Waals surface area (Å²) in [7, 11) is 0. The quantitative estimate of drug-likeness (QED) is 0.846. The lowest BCUT2D eigenvalue weighted by Gasteiger charge is -2.15. The van der Waals surface area contributed by atoms with Gasteiger partial charge in [0.2, 0.25) is 0 Å². The molecule has 15 heavy (non-hydrogen) atoms. The molecule has 1 aliphatic rings. The Morgan fingerprint density at radius 2 is 1.93 bits per heavy atom. The van der Waals surface area contributed by atoms with Gasteiger partial charge in [0.25, 0.3) is 5.91 Å². The minimum Gasteiger partial charge on any atom is -0.373 e. The third-order valence-corrected chi connectivity index (χ3v) is 3.36. The number of aliphatic hydroxyl groups is 1. The highest BCUT2D eigenvalue weighted by atomic mass is 35.5. The first-order valence-electron chi connectivity index (χ1n) is 4.15. The van der Waals surface area contributed by atoms with E-state index in [1.165, 1.54) is 16.7 Å². The van der Waals surface area contributed by atoms with E-state index in [9.17, 15) is 9.90 Å². The van der Waals surface area contributed by atoms with Crippen molar-refractivity contribution in [3.63, 3.8) is 0 Å². The summed E-state index contributed by atoms with van der Waals surface area (Å²) in [6.07, 6.45) is 0. The van der Waals surface area contributed by atoms with Crippen molar-refractivity contribution in [2.45, 2.75) is 5.44 Å².